The Labute approximate surface area is 267 Å². The highest BCUT2D eigenvalue weighted by Gasteiger charge is 2.16. The first-order valence-electron chi connectivity index (χ1n) is 19.8. The summed E-state index contributed by atoms with van der Waals surface area (Å²) in [6, 6.07) is -3.33. The molecule has 0 unspecified atom stereocenters. The van der Waals surface area contributed by atoms with E-state index in [2.05, 4.69) is 15.3 Å². The Bertz CT molecular complexity index is 2350. The number of halogens is 1. The van der Waals surface area contributed by atoms with Crippen molar-refractivity contribution < 1.29 is 36.2 Å². The van der Waals surface area contributed by atoms with Gasteiger partial charge in [0.25, 0.3) is 0 Å². The van der Waals surface area contributed by atoms with Gasteiger partial charge in [-0.15, -0.1) is 0 Å². The summed E-state index contributed by atoms with van der Waals surface area (Å²) in [6.45, 7) is -8.20. The summed E-state index contributed by atoms with van der Waals surface area (Å²) in [7, 11) is 2.79. The van der Waals surface area contributed by atoms with Gasteiger partial charge in [0.2, 0.25) is 0 Å². The number of rotatable bonds is 12. The monoisotopic (exact) mass is 585 g/mol. The van der Waals surface area contributed by atoms with Crippen LogP contribution in [0, 0.1) is 18.3 Å². The molecule has 41 heavy (non-hydrogen) atoms. The Kier molecular flexibility index (Phi) is 5.02. The second kappa shape index (κ2) is 13.8. The number of hydrogen-bond acceptors (Lipinski definition) is 8. The van der Waals surface area contributed by atoms with Crippen molar-refractivity contribution in [2.24, 2.45) is 0 Å². The van der Waals surface area contributed by atoms with Gasteiger partial charge in [0.05, 0.1) is 49.1 Å². The molecule has 0 saturated carbocycles. The molecule has 0 aliphatic rings. The number of anilines is 2. The Morgan fingerprint density at radius 3 is 2.88 bits per heavy atom. The summed E-state index contributed by atoms with van der Waals surface area (Å²) in [5, 5.41) is 11.7. The predicted octanol–water partition coefficient (Wildman–Crippen LogP) is 6.41. The lowest BCUT2D eigenvalue weighted by Crippen LogP contribution is -2.11. The minimum absolute atomic E-state index is 0.0974. The zero-order valence-electron chi connectivity index (χ0n) is 38.0. The molecule has 8 nitrogen and oxygen atoms in total. The van der Waals surface area contributed by atoms with Gasteiger partial charge in [0, 0.05) is 54.3 Å². The number of benzene rings is 2. The molecule has 0 aliphatic carbocycles. The maximum absolute atomic E-state index is 13.2. The zero-order valence-corrected chi connectivity index (χ0v) is 22.7. The van der Waals surface area contributed by atoms with Crippen LogP contribution in [0.5, 0.6) is 11.5 Å². The topological polar surface area (TPSA) is 100 Å². The van der Waals surface area contributed by atoms with Gasteiger partial charge in [-0.05, 0) is 70.2 Å². The first-order chi connectivity index (χ1) is 26.2. The van der Waals surface area contributed by atoms with E-state index in [0.29, 0.717) is 0 Å². The maximum Gasteiger partial charge on any atom is 0.159 e. The molecular weight excluding hydrogens is 538 g/mol. The average Bonchev–Trinajstić information content (AvgIpc) is 3.12. The van der Waals surface area contributed by atoms with Gasteiger partial charge in [-0.25, -0.2) is 0 Å². The molecule has 0 saturated heterocycles. The lowest BCUT2D eigenvalue weighted by atomic mass is 10.0. The highest BCUT2D eigenvalue weighted by Crippen LogP contribution is 2.36. The van der Waals surface area contributed by atoms with E-state index in [1.165, 1.54) is 21.0 Å². The minimum Gasteiger partial charge on any atom is -0.494 e. The van der Waals surface area contributed by atoms with Crippen LogP contribution in [0.3, 0.4) is 0 Å². The molecule has 2 aromatic carbocycles. The Morgan fingerprint density at radius 2 is 2.10 bits per heavy atom. The average molecular weight is 586 g/mol. The third kappa shape index (κ3) is 7.82. The lowest BCUT2D eigenvalue weighted by Gasteiger charge is -2.16. The number of fused-ring (bicyclic) bond motifs is 1. The normalized spacial score (nSPS) is 17.8. The molecule has 0 radical (unpaired) electrons. The van der Waals surface area contributed by atoms with Crippen LogP contribution >= 0.6 is 11.6 Å². The van der Waals surface area contributed by atoms with Crippen LogP contribution in [0.15, 0.2) is 66.7 Å². The minimum atomic E-state index is -3.51. The number of pyridine rings is 2. The summed E-state index contributed by atoms with van der Waals surface area (Å²) in [6.07, 6.45) is -0.0266. The van der Waals surface area contributed by atoms with Crippen molar-refractivity contribution in [2.45, 2.75) is 26.8 Å². The van der Waals surface area contributed by atoms with Gasteiger partial charge >= 0.3 is 0 Å². The number of carbonyl (C=O) groups is 1. The smallest absolute Gasteiger partial charge is 0.159 e. The maximum atomic E-state index is 13.2. The molecule has 4 rings (SSSR count). The number of likely N-dealkylation sites (N-methyl/N-ethyl adjacent to an activating group) is 1. The predicted molar refractivity (Wildman–Crippen MR) is 162 cm³/mol. The first kappa shape index (κ1) is 15.0. The van der Waals surface area contributed by atoms with E-state index in [4.69, 9.17) is 41.6 Å². The van der Waals surface area contributed by atoms with Crippen LogP contribution in [-0.2, 0) is 17.8 Å². The number of hydrogen-bond donors (Lipinski definition) is 1. The molecule has 0 bridgehead atoms. The number of ketones is 1. The molecule has 9 heteroatoms. The fraction of sp³-hybridized carbons (Fsp3) is 0.250. The molecule has 2 heterocycles. The number of ether oxygens (including phenoxy) is 2. The summed E-state index contributed by atoms with van der Waals surface area (Å²) in [4.78, 5) is 22.4. The second-order valence-corrected chi connectivity index (χ2v) is 8.77. The highest BCUT2D eigenvalue weighted by molar-refractivity contribution is 6.32. The van der Waals surface area contributed by atoms with Crippen LogP contribution in [0.1, 0.15) is 51.3 Å². The molecule has 0 fully saturated rings. The van der Waals surface area contributed by atoms with Crippen LogP contribution < -0.4 is 14.8 Å². The van der Waals surface area contributed by atoms with Crippen molar-refractivity contribution in [2.75, 3.05) is 32.5 Å². The van der Waals surface area contributed by atoms with Crippen LogP contribution in [-0.4, -0.2) is 47.8 Å². The van der Waals surface area contributed by atoms with E-state index in [1.807, 2.05) is 0 Å². The lowest BCUT2D eigenvalue weighted by molar-refractivity contribution is -0.114. The largest absolute Gasteiger partial charge is 0.494 e. The van der Waals surface area contributed by atoms with Crippen LogP contribution in [0.2, 0.25) is 5.02 Å². The molecular formula is C32H32ClN5O3. The number of nitrogens with zero attached hydrogens (tertiary/aromatic N) is 4. The molecule has 0 aliphatic heterocycles. The summed E-state index contributed by atoms with van der Waals surface area (Å²) < 4.78 is 142. The Balaban J connectivity index is 1.97. The third-order valence-corrected chi connectivity index (χ3v) is 5.37. The standard InChI is InChI=1S/C32H32ClN5O3/c1-5-40-31-17-29-27(15-22(31)14-26(39)10-7-13-38(3)4)32(23(18-34)19-35-29)37-24-11-12-30(28(33)16-24)41-20-25-9-6-8-21(2)36-25/h6-12,15-17,19H,5,13-14,20H2,1-4H3,(H,35,37)/b10-7+/i1D3,5D2,6D,8D,9D,11D,12D,13D2,15D,16D,17D,19D. The number of aromatic nitrogens is 2. The van der Waals surface area contributed by atoms with Gasteiger partial charge in [-0.3, -0.25) is 14.8 Å². The van der Waals surface area contributed by atoms with Crippen molar-refractivity contribution in [3.05, 3.63) is 94.2 Å². The summed E-state index contributed by atoms with van der Waals surface area (Å²) >= 11 is 6.45. The van der Waals surface area contributed by atoms with Crippen molar-refractivity contribution in [3.8, 4) is 17.6 Å². The van der Waals surface area contributed by atoms with E-state index < -0.39 is 137 Å². The number of allylic oxidation sites excluding steroid dienone is 1. The fourth-order valence-electron chi connectivity index (χ4n) is 3.37. The van der Waals surface area contributed by atoms with Gasteiger partial charge in [0.15, 0.2) is 5.78 Å². The van der Waals surface area contributed by atoms with Crippen molar-refractivity contribution in [1.82, 2.24) is 14.9 Å². The molecule has 4 aromatic rings. The number of nitriles is 1. The highest BCUT2D eigenvalue weighted by atomic mass is 35.5. The van der Waals surface area contributed by atoms with E-state index in [1.54, 1.807) is 6.07 Å². The molecule has 210 valence electrons. The van der Waals surface area contributed by atoms with Crippen molar-refractivity contribution in [3.63, 3.8) is 0 Å². The number of nitrogens with one attached hydrogen (secondary N) is 1. The quantitative estimate of drug-likeness (QED) is 0.190. The van der Waals surface area contributed by atoms with Crippen molar-refractivity contribution >= 4 is 39.7 Å². The van der Waals surface area contributed by atoms with Crippen LogP contribution in [0.4, 0.5) is 11.4 Å². The fourth-order valence-corrected chi connectivity index (χ4v) is 3.57. The SMILES string of the molecule is [2H]c1nc2c([2H])c(OC([2H])([2H])C([2H])([2H])[2H])c(CC(=O)/C=C/C([2H])([2H])N(C)C)c([2H])c2c(Nc2c([2H])c([2H])c(OCc3nc(C)c([2H])c([2H])c3[2H])c(Cl)c2[2H])c1C#N. The third-order valence-electron chi connectivity index (χ3n) is 5.11. The second-order valence-electron chi connectivity index (χ2n) is 8.40. The molecule has 0 spiro atoms. The van der Waals surface area contributed by atoms with Crippen LogP contribution in [0.25, 0.3) is 10.9 Å². The van der Waals surface area contributed by atoms with Crippen molar-refractivity contribution in [1.29, 1.82) is 5.26 Å². The first-order valence-corrected chi connectivity index (χ1v) is 12.1. The molecule has 0 atom stereocenters. The van der Waals surface area contributed by atoms with E-state index in [-0.39, 0.29) is 17.4 Å². The zero-order chi connectivity index (χ0) is 43.3. The summed E-state index contributed by atoms with van der Waals surface area (Å²) in [5.74, 6) is -2.34. The van der Waals surface area contributed by atoms with Gasteiger partial charge in [-0.1, -0.05) is 23.7 Å². The molecule has 2 aromatic heterocycles. The number of aryl methyl sites for hydroxylation is 1. The molecule has 0 amide bonds. The van der Waals surface area contributed by atoms with E-state index in [9.17, 15) is 11.4 Å². The summed E-state index contributed by atoms with van der Waals surface area (Å²) in [5.41, 5.74) is -2.93. The number of carbonyl (C=O) groups excluding carboxylic acids is 1. The van der Waals surface area contributed by atoms with Gasteiger partial charge < -0.3 is 19.7 Å². The molecule has 1 N–H and O–H groups in total. The Hall–Kier alpha value is -4.45. The van der Waals surface area contributed by atoms with Gasteiger partial charge in [-0.2, -0.15) is 5.26 Å². The Morgan fingerprint density at radius 1 is 1.24 bits per heavy atom. The van der Waals surface area contributed by atoms with E-state index >= 15 is 0 Å². The van der Waals surface area contributed by atoms with E-state index in [0.717, 1.165) is 17.1 Å². The van der Waals surface area contributed by atoms with Gasteiger partial charge in [0.1, 0.15) is 24.2 Å².